The zero-order valence-electron chi connectivity index (χ0n) is 19.8. The Bertz CT molecular complexity index is 1480. The van der Waals surface area contributed by atoms with E-state index in [1.54, 1.807) is 26.8 Å². The van der Waals surface area contributed by atoms with Crippen LogP contribution in [0.1, 0.15) is 30.4 Å². The predicted octanol–water partition coefficient (Wildman–Crippen LogP) is 4.17. The van der Waals surface area contributed by atoms with E-state index in [1.165, 1.54) is 17.4 Å². The highest BCUT2D eigenvalue weighted by molar-refractivity contribution is 7.21. The van der Waals surface area contributed by atoms with E-state index < -0.39 is 17.6 Å². The molecule has 0 aliphatic carbocycles. The molecule has 10 nitrogen and oxygen atoms in total. The topological polar surface area (TPSA) is 130 Å². The fourth-order valence-corrected chi connectivity index (χ4v) is 5.00. The number of alkyl carbamates (subject to hydrolysis) is 1. The lowest BCUT2D eigenvalue weighted by atomic mass is 10.1. The van der Waals surface area contributed by atoms with Crippen molar-refractivity contribution in [3.05, 3.63) is 47.5 Å². The maximum Gasteiger partial charge on any atom is 0.407 e. The van der Waals surface area contributed by atoms with Crippen LogP contribution in [0.25, 0.3) is 21.0 Å². The van der Waals surface area contributed by atoms with E-state index >= 15 is 0 Å². The summed E-state index contributed by atoms with van der Waals surface area (Å²) in [6.07, 6.45) is 0.600. The van der Waals surface area contributed by atoms with Crippen LogP contribution in [-0.2, 0) is 4.74 Å². The minimum atomic E-state index is -0.639. The lowest BCUT2D eigenvalue weighted by Crippen LogP contribution is -2.46. The van der Waals surface area contributed by atoms with Crippen LogP contribution < -0.4 is 21.3 Å². The van der Waals surface area contributed by atoms with Gasteiger partial charge in [-0.15, -0.1) is 11.3 Å². The molecule has 1 atom stereocenters. The van der Waals surface area contributed by atoms with Crippen molar-refractivity contribution in [2.45, 2.75) is 32.4 Å². The molecule has 0 spiro atoms. The van der Waals surface area contributed by atoms with Crippen molar-refractivity contribution >= 4 is 61.6 Å². The Labute approximate surface area is 209 Å². The van der Waals surface area contributed by atoms with Crippen LogP contribution in [0.5, 0.6) is 0 Å². The first-order valence-corrected chi connectivity index (χ1v) is 12.1. The van der Waals surface area contributed by atoms with E-state index in [0.29, 0.717) is 28.6 Å². The van der Waals surface area contributed by atoms with Gasteiger partial charge in [0.1, 0.15) is 28.4 Å². The van der Waals surface area contributed by atoms with E-state index in [0.717, 1.165) is 27.5 Å². The quantitative estimate of drug-likeness (QED) is 0.302. The molecule has 1 aliphatic rings. The molecule has 0 unspecified atom stereocenters. The van der Waals surface area contributed by atoms with Crippen molar-refractivity contribution in [2.75, 3.05) is 23.7 Å². The Morgan fingerprint density at radius 3 is 2.83 bits per heavy atom. The SMILES string of the molecule is CC(C)(C)OC(=O)NC[C@H]1CNc2c(sc3ccc4nc(Nc5cc(F)ncn5)ccc4c23)C(=O)N1. The number of fused-ring (bicyclic) bond motifs is 5. The van der Waals surface area contributed by atoms with Crippen LogP contribution in [0.15, 0.2) is 36.7 Å². The van der Waals surface area contributed by atoms with Crippen molar-refractivity contribution < 1.29 is 18.7 Å². The maximum absolute atomic E-state index is 13.4. The highest BCUT2D eigenvalue weighted by Crippen LogP contribution is 2.41. The first kappa shape index (κ1) is 23.7. The average molecular weight is 510 g/mol. The summed E-state index contributed by atoms with van der Waals surface area (Å²) < 4.78 is 19.6. The predicted molar refractivity (Wildman–Crippen MR) is 136 cm³/mol. The number of carbonyl (C=O) groups is 2. The zero-order valence-corrected chi connectivity index (χ0v) is 20.6. The Morgan fingerprint density at radius 2 is 2.06 bits per heavy atom. The Morgan fingerprint density at radius 1 is 1.22 bits per heavy atom. The molecule has 2 amide bonds. The summed E-state index contributed by atoms with van der Waals surface area (Å²) in [6, 6.07) is 8.35. The average Bonchev–Trinajstić information content (AvgIpc) is 3.11. The van der Waals surface area contributed by atoms with Gasteiger partial charge in [-0.25, -0.2) is 19.7 Å². The third-order valence-electron chi connectivity index (χ3n) is 5.37. The molecule has 4 N–H and O–H groups in total. The Hall–Kier alpha value is -4.06. The van der Waals surface area contributed by atoms with Crippen LogP contribution in [0.3, 0.4) is 0 Å². The smallest absolute Gasteiger partial charge is 0.407 e. The van der Waals surface area contributed by atoms with E-state index in [1.807, 2.05) is 18.2 Å². The van der Waals surface area contributed by atoms with E-state index in [-0.39, 0.29) is 18.5 Å². The normalized spacial score (nSPS) is 15.6. The van der Waals surface area contributed by atoms with Gasteiger partial charge in [0.25, 0.3) is 5.91 Å². The summed E-state index contributed by atoms with van der Waals surface area (Å²) in [6.45, 7) is 6.01. The molecule has 0 bridgehead atoms. The number of nitrogens with zero attached hydrogens (tertiary/aromatic N) is 3. The number of pyridine rings is 1. The van der Waals surface area contributed by atoms with Crippen LogP contribution >= 0.6 is 11.3 Å². The van der Waals surface area contributed by atoms with Crippen molar-refractivity contribution in [3.63, 3.8) is 0 Å². The number of carbonyl (C=O) groups excluding carboxylic acids is 2. The molecule has 0 fully saturated rings. The number of nitrogens with one attached hydrogen (secondary N) is 4. The molecule has 1 aromatic carbocycles. The summed E-state index contributed by atoms with van der Waals surface area (Å²) in [4.78, 5) is 37.7. The van der Waals surface area contributed by atoms with Gasteiger partial charge >= 0.3 is 6.09 Å². The van der Waals surface area contributed by atoms with Gasteiger partial charge in [0, 0.05) is 34.6 Å². The molecule has 0 saturated carbocycles. The van der Waals surface area contributed by atoms with Crippen LogP contribution in [0, 0.1) is 5.95 Å². The number of rotatable bonds is 4. The fraction of sp³-hybridized carbons (Fsp3) is 0.292. The van der Waals surface area contributed by atoms with Gasteiger partial charge in [0.2, 0.25) is 5.95 Å². The number of hydrogen-bond donors (Lipinski definition) is 4. The van der Waals surface area contributed by atoms with E-state index in [4.69, 9.17) is 4.74 Å². The maximum atomic E-state index is 13.4. The van der Waals surface area contributed by atoms with E-state index in [2.05, 4.69) is 36.2 Å². The summed E-state index contributed by atoms with van der Waals surface area (Å²) in [7, 11) is 0. The van der Waals surface area contributed by atoms with Gasteiger partial charge in [-0.05, 0) is 45.0 Å². The highest BCUT2D eigenvalue weighted by Gasteiger charge is 2.27. The number of amides is 2. The summed E-state index contributed by atoms with van der Waals surface area (Å²) in [5, 5.41) is 13.8. The third-order valence-corrected chi connectivity index (χ3v) is 6.52. The second-order valence-corrected chi connectivity index (χ2v) is 10.3. The number of ether oxygens (including phenoxy) is 1. The van der Waals surface area contributed by atoms with Crippen molar-refractivity contribution in [2.24, 2.45) is 0 Å². The number of anilines is 3. The highest BCUT2D eigenvalue weighted by atomic mass is 32.1. The van der Waals surface area contributed by atoms with Crippen molar-refractivity contribution in [1.82, 2.24) is 25.6 Å². The summed E-state index contributed by atoms with van der Waals surface area (Å²) in [5.74, 6) is -0.0539. The molecular formula is C24H24FN7O3S. The first-order chi connectivity index (χ1) is 17.2. The Kier molecular flexibility index (Phi) is 6.04. The van der Waals surface area contributed by atoms with E-state index in [9.17, 15) is 14.0 Å². The largest absolute Gasteiger partial charge is 0.444 e. The number of aromatic nitrogens is 3. The molecule has 186 valence electrons. The standard InChI is InChI=1S/C24H24FN7O3S/c1-24(2,3)35-23(34)27-10-12-9-26-20-19-13-4-7-17(32-18-8-16(25)28-11-29-18)31-14(13)5-6-15(19)36-21(20)22(33)30-12/h4-8,11-12,26H,9-10H2,1-3H3,(H,27,34)(H,30,33)(H,28,29,31,32)/t12-/m1/s1. The van der Waals surface area contributed by atoms with Gasteiger partial charge in [-0.1, -0.05) is 0 Å². The van der Waals surface area contributed by atoms with Gasteiger partial charge in [0.05, 0.1) is 17.2 Å². The number of hydrogen-bond acceptors (Lipinski definition) is 9. The first-order valence-electron chi connectivity index (χ1n) is 11.3. The molecule has 3 aromatic heterocycles. The lowest BCUT2D eigenvalue weighted by molar-refractivity contribution is 0.0521. The van der Waals surface area contributed by atoms with Gasteiger partial charge < -0.3 is 26.0 Å². The summed E-state index contributed by atoms with van der Waals surface area (Å²) >= 11 is 1.39. The third kappa shape index (κ3) is 4.98. The zero-order chi connectivity index (χ0) is 25.4. The van der Waals surface area contributed by atoms with Crippen LogP contribution in [-0.4, -0.2) is 51.7 Å². The second kappa shape index (κ2) is 9.19. The molecule has 12 heteroatoms. The number of thiophene rings is 1. The fourth-order valence-electron chi connectivity index (χ4n) is 3.90. The monoisotopic (exact) mass is 509 g/mol. The molecule has 36 heavy (non-hydrogen) atoms. The number of benzene rings is 1. The van der Waals surface area contributed by atoms with Gasteiger partial charge in [-0.3, -0.25) is 4.79 Å². The molecule has 0 saturated heterocycles. The van der Waals surface area contributed by atoms with Gasteiger partial charge in [-0.2, -0.15) is 4.39 Å². The minimum absolute atomic E-state index is 0.211. The molecule has 1 aliphatic heterocycles. The van der Waals surface area contributed by atoms with Crippen LogP contribution in [0.4, 0.5) is 26.5 Å². The lowest BCUT2D eigenvalue weighted by Gasteiger charge is -2.22. The van der Waals surface area contributed by atoms with Crippen LogP contribution in [0.2, 0.25) is 0 Å². The molecule has 5 rings (SSSR count). The molecule has 4 aromatic rings. The second-order valence-electron chi connectivity index (χ2n) is 9.29. The molecule has 0 radical (unpaired) electrons. The minimum Gasteiger partial charge on any atom is -0.444 e. The van der Waals surface area contributed by atoms with Crippen molar-refractivity contribution in [3.8, 4) is 0 Å². The molecule has 4 heterocycles. The Balaban J connectivity index is 1.39. The molecular weight excluding hydrogens is 485 g/mol. The summed E-state index contributed by atoms with van der Waals surface area (Å²) in [5.41, 5.74) is 0.837. The van der Waals surface area contributed by atoms with Gasteiger partial charge in [0.15, 0.2) is 0 Å². The van der Waals surface area contributed by atoms with Crippen molar-refractivity contribution in [1.29, 1.82) is 0 Å². The number of halogens is 1.